The van der Waals surface area contributed by atoms with E-state index in [1.807, 2.05) is 6.07 Å². The lowest BCUT2D eigenvalue weighted by Gasteiger charge is -2.08. The number of hydrogen-bond donors (Lipinski definition) is 1. The first-order valence-corrected chi connectivity index (χ1v) is 4.85. The van der Waals surface area contributed by atoms with E-state index in [4.69, 9.17) is 10.4 Å². The second-order valence-corrected chi connectivity index (χ2v) is 3.51. The van der Waals surface area contributed by atoms with Gasteiger partial charge in [-0.05, 0) is 28.1 Å². The van der Waals surface area contributed by atoms with Crippen LogP contribution < -0.4 is 0 Å². The van der Waals surface area contributed by atoms with Gasteiger partial charge in [-0.1, -0.05) is 0 Å². The summed E-state index contributed by atoms with van der Waals surface area (Å²) in [7, 11) is 1.26. The summed E-state index contributed by atoms with van der Waals surface area (Å²) in [6, 6.07) is 4.90. The van der Waals surface area contributed by atoms with Crippen LogP contribution in [0.3, 0.4) is 0 Å². The molecular weight excluding hydrogens is 262 g/mol. The van der Waals surface area contributed by atoms with Crippen LogP contribution in [0.15, 0.2) is 16.6 Å². The van der Waals surface area contributed by atoms with Gasteiger partial charge in [0.1, 0.15) is 6.07 Å². The maximum absolute atomic E-state index is 11.3. The van der Waals surface area contributed by atoms with Gasteiger partial charge in [-0.15, -0.1) is 0 Å². The normalized spacial score (nSPS) is 9.47. The van der Waals surface area contributed by atoms with E-state index in [1.165, 1.54) is 19.2 Å². The number of nitrogens with zero attached hydrogens (tertiary/aromatic N) is 1. The Hall–Kier alpha value is -1.38. The van der Waals surface area contributed by atoms with Crippen molar-refractivity contribution in [3.63, 3.8) is 0 Å². The Morgan fingerprint density at radius 3 is 2.80 bits per heavy atom. The Morgan fingerprint density at radius 1 is 1.67 bits per heavy atom. The van der Waals surface area contributed by atoms with Crippen molar-refractivity contribution in [2.45, 2.75) is 6.61 Å². The molecule has 78 valence electrons. The summed E-state index contributed by atoms with van der Waals surface area (Å²) in [5.74, 6) is -0.538. The number of aliphatic hydroxyl groups excluding tert-OH is 1. The summed E-state index contributed by atoms with van der Waals surface area (Å²) in [5, 5.41) is 17.9. The van der Waals surface area contributed by atoms with Crippen LogP contribution in [0.2, 0.25) is 0 Å². The van der Waals surface area contributed by atoms with E-state index in [-0.39, 0.29) is 12.2 Å². The number of benzene rings is 1. The zero-order valence-corrected chi connectivity index (χ0v) is 9.54. The van der Waals surface area contributed by atoms with Crippen molar-refractivity contribution < 1.29 is 14.6 Å². The monoisotopic (exact) mass is 269 g/mol. The molecule has 0 saturated heterocycles. The van der Waals surface area contributed by atoms with E-state index in [9.17, 15) is 4.79 Å². The highest BCUT2D eigenvalue weighted by Crippen LogP contribution is 2.25. The predicted molar refractivity (Wildman–Crippen MR) is 56.1 cm³/mol. The van der Waals surface area contributed by atoms with Crippen LogP contribution in [0.25, 0.3) is 0 Å². The quantitative estimate of drug-likeness (QED) is 0.828. The molecule has 0 radical (unpaired) electrons. The van der Waals surface area contributed by atoms with Crippen molar-refractivity contribution in [2.75, 3.05) is 7.11 Å². The fraction of sp³-hybridized carbons (Fsp3) is 0.200. The van der Waals surface area contributed by atoms with E-state index >= 15 is 0 Å². The fourth-order valence-electron chi connectivity index (χ4n) is 1.16. The highest BCUT2D eigenvalue weighted by Gasteiger charge is 2.16. The summed E-state index contributed by atoms with van der Waals surface area (Å²) >= 11 is 3.16. The standard InChI is InChI=1S/C10H8BrNO3/c1-15-10(14)7-3-2-6(4-12)9(11)8(7)5-13/h2-3,13H,5H2,1H3. The summed E-state index contributed by atoms with van der Waals surface area (Å²) in [6.45, 7) is -0.333. The molecule has 0 amide bonds. The van der Waals surface area contributed by atoms with Crippen molar-refractivity contribution in [3.05, 3.63) is 33.3 Å². The molecule has 0 aliphatic rings. The SMILES string of the molecule is COC(=O)c1ccc(C#N)c(Br)c1CO. The lowest BCUT2D eigenvalue weighted by atomic mass is 10.1. The van der Waals surface area contributed by atoms with Gasteiger partial charge in [0.2, 0.25) is 0 Å². The third-order valence-corrected chi connectivity index (χ3v) is 2.83. The van der Waals surface area contributed by atoms with Crippen LogP contribution in [-0.2, 0) is 11.3 Å². The smallest absolute Gasteiger partial charge is 0.338 e. The number of rotatable bonds is 2. The minimum atomic E-state index is -0.538. The average molecular weight is 270 g/mol. The zero-order valence-electron chi connectivity index (χ0n) is 7.95. The van der Waals surface area contributed by atoms with Crippen molar-refractivity contribution in [3.8, 4) is 6.07 Å². The molecule has 0 unspecified atom stereocenters. The second kappa shape index (κ2) is 4.91. The van der Waals surface area contributed by atoms with Gasteiger partial charge in [0.25, 0.3) is 0 Å². The molecule has 0 saturated carbocycles. The van der Waals surface area contributed by atoms with Crippen molar-refractivity contribution in [1.82, 2.24) is 0 Å². The molecule has 1 aromatic carbocycles. The van der Waals surface area contributed by atoms with Gasteiger partial charge in [-0.2, -0.15) is 5.26 Å². The number of nitriles is 1. The Morgan fingerprint density at radius 2 is 2.33 bits per heavy atom. The summed E-state index contributed by atoms with van der Waals surface area (Å²) in [4.78, 5) is 11.3. The first-order valence-electron chi connectivity index (χ1n) is 4.06. The van der Waals surface area contributed by atoms with E-state index < -0.39 is 5.97 Å². The summed E-state index contributed by atoms with van der Waals surface area (Å²) in [6.07, 6.45) is 0. The number of carbonyl (C=O) groups excluding carboxylic acids is 1. The number of halogens is 1. The molecule has 1 rings (SSSR count). The van der Waals surface area contributed by atoms with E-state index in [2.05, 4.69) is 20.7 Å². The molecule has 0 spiro atoms. The molecule has 0 fully saturated rings. The van der Waals surface area contributed by atoms with Crippen molar-refractivity contribution >= 4 is 21.9 Å². The van der Waals surface area contributed by atoms with E-state index in [0.29, 0.717) is 15.6 Å². The number of methoxy groups -OCH3 is 1. The minimum absolute atomic E-state index is 0.255. The third kappa shape index (κ3) is 2.17. The Labute approximate surface area is 95.2 Å². The molecule has 0 atom stereocenters. The third-order valence-electron chi connectivity index (χ3n) is 1.93. The number of esters is 1. The van der Waals surface area contributed by atoms with Gasteiger partial charge in [0, 0.05) is 10.0 Å². The first kappa shape index (κ1) is 11.7. The summed E-state index contributed by atoms with van der Waals surface area (Å²) < 4.78 is 4.98. The molecule has 0 bridgehead atoms. The van der Waals surface area contributed by atoms with Gasteiger partial charge in [0.05, 0.1) is 24.8 Å². The molecule has 15 heavy (non-hydrogen) atoms. The summed E-state index contributed by atoms with van der Waals surface area (Å²) in [5.41, 5.74) is 0.985. The van der Waals surface area contributed by atoms with Crippen LogP contribution in [0.5, 0.6) is 0 Å². The first-order chi connectivity index (χ1) is 7.15. The van der Waals surface area contributed by atoms with Crippen LogP contribution in [-0.4, -0.2) is 18.2 Å². The van der Waals surface area contributed by atoms with Crippen LogP contribution in [0.1, 0.15) is 21.5 Å². The average Bonchev–Trinajstić information content (AvgIpc) is 2.27. The van der Waals surface area contributed by atoms with Crippen LogP contribution >= 0.6 is 15.9 Å². The van der Waals surface area contributed by atoms with Crippen molar-refractivity contribution in [1.29, 1.82) is 5.26 Å². The Kier molecular flexibility index (Phi) is 3.83. The van der Waals surface area contributed by atoms with Gasteiger partial charge in [0.15, 0.2) is 0 Å². The molecule has 1 N–H and O–H groups in total. The zero-order chi connectivity index (χ0) is 11.4. The largest absolute Gasteiger partial charge is 0.465 e. The molecule has 1 aromatic rings. The Bertz CT molecular complexity index is 437. The minimum Gasteiger partial charge on any atom is -0.465 e. The maximum Gasteiger partial charge on any atom is 0.338 e. The molecular formula is C10H8BrNO3. The van der Waals surface area contributed by atoms with Crippen LogP contribution in [0, 0.1) is 11.3 Å². The number of aliphatic hydroxyl groups is 1. The van der Waals surface area contributed by atoms with Crippen molar-refractivity contribution in [2.24, 2.45) is 0 Å². The highest BCUT2D eigenvalue weighted by atomic mass is 79.9. The molecule has 0 aliphatic heterocycles. The van der Waals surface area contributed by atoms with Gasteiger partial charge < -0.3 is 9.84 Å². The number of ether oxygens (including phenoxy) is 1. The topological polar surface area (TPSA) is 70.3 Å². The number of hydrogen-bond acceptors (Lipinski definition) is 4. The second-order valence-electron chi connectivity index (χ2n) is 2.71. The predicted octanol–water partition coefficient (Wildman–Crippen LogP) is 1.60. The van der Waals surface area contributed by atoms with E-state index in [0.717, 1.165) is 0 Å². The fourth-order valence-corrected chi connectivity index (χ4v) is 1.72. The van der Waals surface area contributed by atoms with Gasteiger partial charge >= 0.3 is 5.97 Å². The molecule has 0 aliphatic carbocycles. The molecule has 5 heteroatoms. The molecule has 4 nitrogen and oxygen atoms in total. The van der Waals surface area contributed by atoms with Gasteiger partial charge in [-0.25, -0.2) is 4.79 Å². The lowest BCUT2D eigenvalue weighted by molar-refractivity contribution is 0.0597. The van der Waals surface area contributed by atoms with E-state index in [1.54, 1.807) is 0 Å². The Balaban J connectivity index is 3.39. The lowest BCUT2D eigenvalue weighted by Crippen LogP contribution is -2.07. The molecule has 0 heterocycles. The number of carbonyl (C=O) groups is 1. The maximum atomic E-state index is 11.3. The highest BCUT2D eigenvalue weighted by molar-refractivity contribution is 9.10. The van der Waals surface area contributed by atoms with Crippen LogP contribution in [0.4, 0.5) is 0 Å². The molecule has 0 aromatic heterocycles. The van der Waals surface area contributed by atoms with Gasteiger partial charge in [-0.3, -0.25) is 0 Å².